The van der Waals surface area contributed by atoms with Crippen LogP contribution in [0.1, 0.15) is 29.9 Å². The Hall–Kier alpha value is -3.49. The van der Waals surface area contributed by atoms with E-state index in [9.17, 15) is 9.59 Å². The van der Waals surface area contributed by atoms with Crippen LogP contribution in [0.15, 0.2) is 39.9 Å². The van der Waals surface area contributed by atoms with E-state index in [4.69, 9.17) is 4.52 Å². The molecule has 5 rings (SSSR count). The van der Waals surface area contributed by atoms with Gasteiger partial charge in [-0.1, -0.05) is 5.16 Å². The van der Waals surface area contributed by atoms with Gasteiger partial charge in [-0.3, -0.25) is 14.6 Å². The maximum Gasteiger partial charge on any atom is 0.269 e. The number of nitrogens with zero attached hydrogens (tertiary/aromatic N) is 6. The first kappa shape index (κ1) is 19.5. The predicted molar refractivity (Wildman–Crippen MR) is 114 cm³/mol. The summed E-state index contributed by atoms with van der Waals surface area (Å²) in [5.41, 5.74) is 3.85. The molecule has 2 fully saturated rings. The lowest BCUT2D eigenvalue weighted by Crippen LogP contribution is -2.51. The van der Waals surface area contributed by atoms with E-state index in [-0.39, 0.29) is 24.1 Å². The average molecular weight is 420 g/mol. The van der Waals surface area contributed by atoms with Gasteiger partial charge in [-0.2, -0.15) is 5.10 Å². The minimum absolute atomic E-state index is 0.184. The minimum atomic E-state index is -0.184. The summed E-state index contributed by atoms with van der Waals surface area (Å²) in [6, 6.07) is 5.71. The zero-order valence-corrected chi connectivity index (χ0v) is 17.6. The number of rotatable bonds is 4. The molecule has 0 radical (unpaired) electrons. The van der Waals surface area contributed by atoms with Gasteiger partial charge in [-0.25, -0.2) is 4.68 Å². The maximum absolute atomic E-state index is 12.8. The van der Waals surface area contributed by atoms with Crippen LogP contribution in [-0.4, -0.2) is 56.4 Å². The molecule has 1 amide bonds. The number of aromatic nitrogens is 4. The maximum atomic E-state index is 12.8. The number of carbonyl (C=O) groups excluding carboxylic acids is 1. The number of piperazine rings is 1. The average Bonchev–Trinajstić information content (AvgIpc) is 3.32. The summed E-state index contributed by atoms with van der Waals surface area (Å²) < 4.78 is 6.82. The molecule has 0 bridgehead atoms. The fourth-order valence-electron chi connectivity index (χ4n) is 4.38. The molecule has 5 heterocycles. The van der Waals surface area contributed by atoms with Crippen LogP contribution in [0.2, 0.25) is 0 Å². The molecule has 160 valence electrons. The third-order valence-corrected chi connectivity index (χ3v) is 6.19. The lowest BCUT2D eigenvalue weighted by Gasteiger charge is -2.38. The number of pyridine rings is 1. The first-order chi connectivity index (χ1) is 15.0. The number of fused-ring (bicyclic) bond motifs is 1. The summed E-state index contributed by atoms with van der Waals surface area (Å²) in [7, 11) is 0. The summed E-state index contributed by atoms with van der Waals surface area (Å²) in [4.78, 5) is 33.2. The number of hydrogen-bond acceptors (Lipinski definition) is 7. The smallest absolute Gasteiger partial charge is 0.269 e. The Morgan fingerprint density at radius 1 is 1.16 bits per heavy atom. The number of amides is 1. The highest BCUT2D eigenvalue weighted by atomic mass is 16.5. The molecule has 9 heteroatoms. The molecule has 1 unspecified atom stereocenters. The minimum Gasteiger partial charge on any atom is -0.366 e. The van der Waals surface area contributed by atoms with Crippen LogP contribution in [0, 0.1) is 13.8 Å². The van der Waals surface area contributed by atoms with Gasteiger partial charge in [0, 0.05) is 61.2 Å². The van der Waals surface area contributed by atoms with Crippen molar-refractivity contribution < 1.29 is 9.32 Å². The first-order valence-electron chi connectivity index (χ1n) is 10.5. The van der Waals surface area contributed by atoms with Gasteiger partial charge in [0.15, 0.2) is 0 Å². The largest absolute Gasteiger partial charge is 0.366 e. The SMILES string of the molecule is Cc1ccc(-c2noc(C)c2Cn2ncc(N3CCN4C(=O)CCC4C3)cc2=O)cn1. The second-order valence-electron chi connectivity index (χ2n) is 8.19. The van der Waals surface area contributed by atoms with Crippen molar-refractivity contribution in [2.75, 3.05) is 24.5 Å². The van der Waals surface area contributed by atoms with E-state index in [0.29, 0.717) is 31.0 Å². The Labute approximate surface area is 179 Å². The Morgan fingerprint density at radius 3 is 2.81 bits per heavy atom. The van der Waals surface area contributed by atoms with E-state index in [1.807, 2.05) is 30.9 Å². The molecular weight excluding hydrogens is 396 g/mol. The summed E-state index contributed by atoms with van der Waals surface area (Å²) in [6.07, 6.45) is 4.98. The molecule has 2 saturated heterocycles. The van der Waals surface area contributed by atoms with Crippen molar-refractivity contribution in [3.05, 3.63) is 58.0 Å². The molecule has 2 aliphatic heterocycles. The monoisotopic (exact) mass is 420 g/mol. The highest BCUT2D eigenvalue weighted by Gasteiger charge is 2.35. The number of aryl methyl sites for hydroxylation is 2. The van der Waals surface area contributed by atoms with Gasteiger partial charge in [-0.15, -0.1) is 0 Å². The van der Waals surface area contributed by atoms with Gasteiger partial charge in [0.1, 0.15) is 11.5 Å². The Bertz CT molecular complexity index is 1180. The molecule has 0 aromatic carbocycles. The van der Waals surface area contributed by atoms with Gasteiger partial charge in [-0.05, 0) is 32.4 Å². The van der Waals surface area contributed by atoms with Crippen LogP contribution < -0.4 is 10.5 Å². The van der Waals surface area contributed by atoms with Crippen LogP contribution >= 0.6 is 0 Å². The second-order valence-corrected chi connectivity index (χ2v) is 8.19. The normalized spacial score (nSPS) is 18.5. The van der Waals surface area contributed by atoms with Gasteiger partial charge in [0.2, 0.25) is 5.91 Å². The fourth-order valence-corrected chi connectivity index (χ4v) is 4.38. The van der Waals surface area contributed by atoms with Crippen molar-refractivity contribution in [2.45, 2.75) is 39.3 Å². The molecule has 31 heavy (non-hydrogen) atoms. The topological polar surface area (TPSA) is 97.4 Å². The van der Waals surface area contributed by atoms with Crippen molar-refractivity contribution in [1.29, 1.82) is 0 Å². The van der Waals surface area contributed by atoms with E-state index in [1.165, 1.54) is 4.68 Å². The summed E-state index contributed by atoms with van der Waals surface area (Å²) in [5, 5.41) is 8.59. The van der Waals surface area contributed by atoms with E-state index < -0.39 is 0 Å². The third-order valence-electron chi connectivity index (χ3n) is 6.19. The fraction of sp³-hybridized carbons (Fsp3) is 0.409. The molecule has 0 aliphatic carbocycles. The number of carbonyl (C=O) groups is 1. The zero-order valence-electron chi connectivity index (χ0n) is 17.6. The van der Waals surface area contributed by atoms with Gasteiger partial charge in [0.05, 0.1) is 18.4 Å². The summed E-state index contributed by atoms with van der Waals surface area (Å²) in [6.45, 7) is 6.17. The predicted octanol–water partition coefficient (Wildman–Crippen LogP) is 1.77. The van der Waals surface area contributed by atoms with E-state index in [1.54, 1.807) is 18.5 Å². The Morgan fingerprint density at radius 2 is 2.03 bits per heavy atom. The highest BCUT2D eigenvalue weighted by molar-refractivity contribution is 5.79. The van der Waals surface area contributed by atoms with Gasteiger partial charge in [0.25, 0.3) is 5.56 Å². The summed E-state index contributed by atoms with van der Waals surface area (Å²) in [5.74, 6) is 0.886. The Balaban J connectivity index is 1.37. The molecule has 3 aromatic rings. The van der Waals surface area contributed by atoms with Gasteiger partial charge >= 0.3 is 0 Å². The van der Waals surface area contributed by atoms with Crippen molar-refractivity contribution >= 4 is 11.6 Å². The standard InChI is InChI=1S/C22H24N6O3/c1-14-3-4-16(10-23-14)22-19(15(2)31-25-22)13-28-21(30)9-18(11-24-28)26-7-8-27-17(12-26)5-6-20(27)29/h3-4,9-11,17H,5-8,12-13H2,1-2H3. The van der Waals surface area contributed by atoms with Crippen LogP contribution in [-0.2, 0) is 11.3 Å². The van der Waals surface area contributed by atoms with Crippen molar-refractivity contribution in [3.63, 3.8) is 0 Å². The Kier molecular flexibility index (Phi) is 4.80. The lowest BCUT2D eigenvalue weighted by atomic mass is 10.1. The first-order valence-corrected chi connectivity index (χ1v) is 10.5. The number of anilines is 1. The summed E-state index contributed by atoms with van der Waals surface area (Å²) >= 11 is 0. The lowest BCUT2D eigenvalue weighted by molar-refractivity contribution is -0.129. The van der Waals surface area contributed by atoms with Crippen LogP contribution in [0.3, 0.4) is 0 Å². The van der Waals surface area contributed by atoms with Crippen LogP contribution in [0.4, 0.5) is 5.69 Å². The second kappa shape index (κ2) is 7.64. The van der Waals surface area contributed by atoms with Crippen molar-refractivity contribution in [3.8, 4) is 11.3 Å². The van der Waals surface area contributed by atoms with Crippen LogP contribution in [0.25, 0.3) is 11.3 Å². The van der Waals surface area contributed by atoms with Gasteiger partial charge < -0.3 is 14.3 Å². The van der Waals surface area contributed by atoms with E-state index >= 15 is 0 Å². The molecule has 1 atom stereocenters. The van der Waals surface area contributed by atoms with Crippen molar-refractivity contribution in [2.24, 2.45) is 0 Å². The zero-order chi connectivity index (χ0) is 21.5. The van der Waals surface area contributed by atoms with Crippen LogP contribution in [0.5, 0.6) is 0 Å². The molecule has 3 aromatic heterocycles. The quantitative estimate of drug-likeness (QED) is 0.634. The molecule has 9 nitrogen and oxygen atoms in total. The highest BCUT2D eigenvalue weighted by Crippen LogP contribution is 2.27. The molecule has 2 aliphatic rings. The third kappa shape index (κ3) is 3.60. The van der Waals surface area contributed by atoms with E-state index in [2.05, 4.69) is 20.1 Å². The molecule has 0 saturated carbocycles. The van der Waals surface area contributed by atoms with Crippen molar-refractivity contribution in [1.82, 2.24) is 24.8 Å². The molecular formula is C22H24N6O3. The molecule has 0 N–H and O–H groups in total. The van der Waals surface area contributed by atoms with E-state index in [0.717, 1.165) is 35.5 Å². The molecule has 0 spiro atoms. The number of hydrogen-bond donors (Lipinski definition) is 0.